The fraction of sp³-hybridized carbons (Fsp3) is 0.133. The summed E-state index contributed by atoms with van der Waals surface area (Å²) in [6, 6.07) is 13.7. The van der Waals surface area contributed by atoms with E-state index in [0.29, 0.717) is 5.56 Å². The molecule has 0 spiro atoms. The molecule has 2 aromatic carbocycles. The number of benzene rings is 2. The number of thioether (sulfide) groups is 1. The third-order valence-corrected chi connectivity index (χ3v) is 4.29. The van der Waals surface area contributed by atoms with Crippen LogP contribution in [-0.2, 0) is 5.75 Å². The van der Waals surface area contributed by atoms with Crippen LogP contribution in [0.2, 0.25) is 0 Å². The third kappa shape index (κ3) is 3.85. The van der Waals surface area contributed by atoms with Crippen LogP contribution in [-0.4, -0.2) is 11.1 Å². The fourth-order valence-corrected chi connectivity index (χ4v) is 3.04. The molecule has 0 amide bonds. The van der Waals surface area contributed by atoms with Gasteiger partial charge in [-0.15, -0.1) is 11.8 Å². The van der Waals surface area contributed by atoms with Gasteiger partial charge in [-0.1, -0.05) is 34.1 Å². The van der Waals surface area contributed by atoms with Crippen molar-refractivity contribution in [2.75, 3.05) is 0 Å². The third-order valence-electron chi connectivity index (χ3n) is 2.73. The second-order valence-corrected chi connectivity index (χ2v) is 6.16. The molecule has 0 aromatic heterocycles. The van der Waals surface area contributed by atoms with Crippen molar-refractivity contribution >= 4 is 33.7 Å². The molecule has 0 radical (unpaired) electrons. The van der Waals surface area contributed by atoms with E-state index in [2.05, 4.69) is 28.1 Å². The number of aryl methyl sites for hydroxylation is 1. The van der Waals surface area contributed by atoms with Crippen molar-refractivity contribution in [3.8, 4) is 0 Å². The van der Waals surface area contributed by atoms with Gasteiger partial charge in [-0.05, 0) is 42.3 Å². The molecule has 0 atom stereocenters. The molecule has 2 aromatic rings. The largest absolute Gasteiger partial charge is 0.478 e. The minimum absolute atomic E-state index is 0.374. The Morgan fingerprint density at radius 2 is 2.05 bits per heavy atom. The lowest BCUT2D eigenvalue weighted by Gasteiger charge is -2.06. The molecule has 0 fully saturated rings. The molecule has 0 aliphatic rings. The van der Waals surface area contributed by atoms with Gasteiger partial charge in [0, 0.05) is 15.1 Å². The fourth-order valence-electron chi connectivity index (χ4n) is 1.71. The number of carboxylic acids is 1. The highest BCUT2D eigenvalue weighted by atomic mass is 79.9. The predicted molar refractivity (Wildman–Crippen MR) is 81.8 cm³/mol. The van der Waals surface area contributed by atoms with Crippen LogP contribution in [0.5, 0.6) is 0 Å². The summed E-state index contributed by atoms with van der Waals surface area (Å²) in [7, 11) is 0. The van der Waals surface area contributed by atoms with Gasteiger partial charge >= 0.3 is 5.97 Å². The SMILES string of the molecule is Cc1ccc(SCc2cccc(Br)c2)cc1C(=O)O. The van der Waals surface area contributed by atoms with E-state index in [0.717, 1.165) is 20.7 Å². The van der Waals surface area contributed by atoms with Gasteiger partial charge in [0.05, 0.1) is 5.56 Å². The number of rotatable bonds is 4. The Labute approximate surface area is 125 Å². The van der Waals surface area contributed by atoms with E-state index < -0.39 is 5.97 Å². The highest BCUT2D eigenvalue weighted by molar-refractivity contribution is 9.10. The monoisotopic (exact) mass is 336 g/mol. The summed E-state index contributed by atoms with van der Waals surface area (Å²) in [5.41, 5.74) is 2.37. The van der Waals surface area contributed by atoms with Crippen molar-refractivity contribution in [1.82, 2.24) is 0 Å². The first kappa shape index (κ1) is 14.2. The van der Waals surface area contributed by atoms with E-state index >= 15 is 0 Å². The smallest absolute Gasteiger partial charge is 0.335 e. The maximum absolute atomic E-state index is 11.1. The highest BCUT2D eigenvalue weighted by Gasteiger charge is 2.08. The Morgan fingerprint density at radius 3 is 2.74 bits per heavy atom. The molecular formula is C15H13BrO2S. The molecule has 98 valence electrons. The zero-order valence-electron chi connectivity index (χ0n) is 10.4. The molecule has 0 aliphatic heterocycles. The van der Waals surface area contributed by atoms with E-state index in [-0.39, 0.29) is 0 Å². The molecule has 2 rings (SSSR count). The molecule has 2 nitrogen and oxygen atoms in total. The van der Waals surface area contributed by atoms with Crippen LogP contribution in [0.15, 0.2) is 51.8 Å². The molecule has 0 saturated heterocycles. The first-order valence-corrected chi connectivity index (χ1v) is 7.55. The topological polar surface area (TPSA) is 37.3 Å². The molecule has 19 heavy (non-hydrogen) atoms. The second-order valence-electron chi connectivity index (χ2n) is 4.20. The molecule has 0 aliphatic carbocycles. The van der Waals surface area contributed by atoms with Crippen LogP contribution in [0.3, 0.4) is 0 Å². The molecule has 0 unspecified atom stereocenters. The summed E-state index contributed by atoms with van der Waals surface area (Å²) >= 11 is 5.08. The van der Waals surface area contributed by atoms with Crippen molar-refractivity contribution in [2.45, 2.75) is 17.6 Å². The van der Waals surface area contributed by atoms with Crippen LogP contribution in [0, 0.1) is 6.92 Å². The van der Waals surface area contributed by atoms with Crippen molar-refractivity contribution in [3.05, 3.63) is 63.6 Å². The number of aromatic carboxylic acids is 1. The molecule has 0 heterocycles. The predicted octanol–water partition coefficient (Wildman–Crippen LogP) is 4.75. The lowest BCUT2D eigenvalue weighted by atomic mass is 10.1. The van der Waals surface area contributed by atoms with Crippen LogP contribution >= 0.6 is 27.7 Å². The Hall–Kier alpha value is -1.26. The van der Waals surface area contributed by atoms with Crippen LogP contribution in [0.1, 0.15) is 21.5 Å². The van der Waals surface area contributed by atoms with Gasteiger partial charge in [-0.3, -0.25) is 0 Å². The lowest BCUT2D eigenvalue weighted by molar-refractivity contribution is 0.0696. The van der Waals surface area contributed by atoms with Crippen molar-refractivity contribution < 1.29 is 9.90 Å². The van der Waals surface area contributed by atoms with Gasteiger partial charge in [-0.25, -0.2) is 4.79 Å². The van der Waals surface area contributed by atoms with Crippen molar-refractivity contribution in [3.63, 3.8) is 0 Å². The Balaban J connectivity index is 2.12. The van der Waals surface area contributed by atoms with E-state index in [4.69, 9.17) is 5.11 Å². The summed E-state index contributed by atoms with van der Waals surface area (Å²) in [4.78, 5) is 12.1. The summed E-state index contributed by atoms with van der Waals surface area (Å²) in [5, 5.41) is 9.10. The summed E-state index contributed by atoms with van der Waals surface area (Å²) < 4.78 is 1.06. The summed E-state index contributed by atoms with van der Waals surface area (Å²) in [5.74, 6) is -0.0518. The number of carboxylic acid groups (broad SMARTS) is 1. The molecule has 4 heteroatoms. The minimum Gasteiger partial charge on any atom is -0.478 e. The van der Waals surface area contributed by atoms with Crippen LogP contribution in [0.4, 0.5) is 0 Å². The number of halogens is 1. The zero-order chi connectivity index (χ0) is 13.8. The maximum atomic E-state index is 11.1. The first-order valence-electron chi connectivity index (χ1n) is 5.77. The van der Waals surface area contributed by atoms with Crippen molar-refractivity contribution in [1.29, 1.82) is 0 Å². The molecular weight excluding hydrogens is 324 g/mol. The Bertz CT molecular complexity index is 611. The van der Waals surface area contributed by atoms with E-state index in [1.807, 2.05) is 31.2 Å². The van der Waals surface area contributed by atoms with E-state index in [1.165, 1.54) is 5.56 Å². The lowest BCUT2D eigenvalue weighted by Crippen LogP contribution is -1.99. The quantitative estimate of drug-likeness (QED) is 0.818. The van der Waals surface area contributed by atoms with Gasteiger partial charge in [0.15, 0.2) is 0 Å². The average molecular weight is 337 g/mol. The zero-order valence-corrected chi connectivity index (χ0v) is 12.8. The average Bonchev–Trinajstić information content (AvgIpc) is 2.37. The van der Waals surface area contributed by atoms with Crippen LogP contribution in [0.25, 0.3) is 0 Å². The van der Waals surface area contributed by atoms with Gasteiger partial charge < -0.3 is 5.11 Å². The normalized spacial score (nSPS) is 10.4. The maximum Gasteiger partial charge on any atom is 0.335 e. The second kappa shape index (κ2) is 6.26. The van der Waals surface area contributed by atoms with Gasteiger partial charge in [0.1, 0.15) is 0 Å². The summed E-state index contributed by atoms with van der Waals surface area (Å²) in [6.07, 6.45) is 0. The first-order chi connectivity index (χ1) is 9.06. The summed E-state index contributed by atoms with van der Waals surface area (Å²) in [6.45, 7) is 1.81. The molecule has 0 saturated carbocycles. The Kier molecular flexibility index (Phi) is 4.66. The van der Waals surface area contributed by atoms with Gasteiger partial charge in [0.2, 0.25) is 0 Å². The number of carbonyl (C=O) groups is 1. The minimum atomic E-state index is -0.873. The van der Waals surface area contributed by atoms with Gasteiger partial charge in [-0.2, -0.15) is 0 Å². The Morgan fingerprint density at radius 1 is 1.26 bits per heavy atom. The van der Waals surface area contributed by atoms with E-state index in [9.17, 15) is 4.79 Å². The number of hydrogen-bond donors (Lipinski definition) is 1. The van der Waals surface area contributed by atoms with Crippen LogP contribution < -0.4 is 0 Å². The molecule has 1 N–H and O–H groups in total. The van der Waals surface area contributed by atoms with E-state index in [1.54, 1.807) is 17.8 Å². The van der Waals surface area contributed by atoms with Gasteiger partial charge in [0.25, 0.3) is 0 Å². The molecule has 0 bridgehead atoms. The number of hydrogen-bond acceptors (Lipinski definition) is 2. The van der Waals surface area contributed by atoms with Crippen molar-refractivity contribution in [2.24, 2.45) is 0 Å². The highest BCUT2D eigenvalue weighted by Crippen LogP contribution is 2.26. The standard InChI is InChI=1S/C15H13BrO2S/c1-10-5-6-13(8-14(10)15(17)18)19-9-11-3-2-4-12(16)7-11/h2-8H,9H2,1H3,(H,17,18).